The summed E-state index contributed by atoms with van der Waals surface area (Å²) in [5.74, 6) is 0. The van der Waals surface area contributed by atoms with E-state index in [2.05, 4.69) is 10.2 Å². The third kappa shape index (κ3) is 3.22. The van der Waals surface area contributed by atoms with E-state index in [9.17, 15) is 4.79 Å². The van der Waals surface area contributed by atoms with Crippen molar-refractivity contribution in [3.05, 3.63) is 18.0 Å². The molecule has 1 fully saturated rings. The highest BCUT2D eigenvalue weighted by molar-refractivity contribution is 5.74. The molecule has 5 nitrogen and oxygen atoms in total. The number of nitrogens with one attached hydrogen (secondary N) is 1. The van der Waals surface area contributed by atoms with Crippen molar-refractivity contribution in [2.75, 3.05) is 20.1 Å². The van der Waals surface area contributed by atoms with Gasteiger partial charge < -0.3 is 9.80 Å². The molecule has 0 saturated carbocycles. The van der Waals surface area contributed by atoms with Crippen LogP contribution in [0.15, 0.2) is 12.4 Å². The van der Waals surface area contributed by atoms with E-state index in [1.54, 1.807) is 11.1 Å². The van der Waals surface area contributed by atoms with Gasteiger partial charge in [-0.1, -0.05) is 12.8 Å². The lowest BCUT2D eigenvalue weighted by atomic mass is 10.2. The topological polar surface area (TPSA) is 52.2 Å². The van der Waals surface area contributed by atoms with E-state index in [-0.39, 0.29) is 6.03 Å². The molecule has 0 atom stereocenters. The van der Waals surface area contributed by atoms with Crippen LogP contribution in [-0.4, -0.2) is 46.2 Å². The third-order valence-corrected chi connectivity index (χ3v) is 3.18. The van der Waals surface area contributed by atoms with Crippen LogP contribution in [0.5, 0.6) is 0 Å². The third-order valence-electron chi connectivity index (χ3n) is 3.18. The molecule has 5 heteroatoms. The second-order valence-electron chi connectivity index (χ2n) is 4.65. The predicted octanol–water partition coefficient (Wildman–Crippen LogP) is 1.84. The number of hydrogen-bond donors (Lipinski definition) is 1. The molecule has 2 amide bonds. The maximum Gasteiger partial charge on any atom is 0.320 e. The molecule has 2 rings (SSSR count). The average molecular weight is 236 g/mol. The number of nitrogens with zero attached hydrogens (tertiary/aromatic N) is 3. The van der Waals surface area contributed by atoms with Crippen molar-refractivity contribution in [2.45, 2.75) is 32.2 Å². The largest absolute Gasteiger partial charge is 0.325 e. The quantitative estimate of drug-likeness (QED) is 0.851. The lowest BCUT2D eigenvalue weighted by Gasteiger charge is -2.26. The lowest BCUT2D eigenvalue weighted by Crippen LogP contribution is -2.41. The Morgan fingerprint density at radius 3 is 2.71 bits per heavy atom. The van der Waals surface area contributed by atoms with Crippen molar-refractivity contribution in [1.29, 1.82) is 0 Å². The highest BCUT2D eigenvalue weighted by atomic mass is 16.2. The highest BCUT2D eigenvalue weighted by Gasteiger charge is 2.19. The fourth-order valence-electron chi connectivity index (χ4n) is 2.21. The number of aromatic nitrogens is 2. The molecule has 1 saturated heterocycles. The van der Waals surface area contributed by atoms with E-state index in [4.69, 9.17) is 0 Å². The number of aromatic amines is 1. The van der Waals surface area contributed by atoms with Crippen LogP contribution < -0.4 is 0 Å². The fourth-order valence-corrected chi connectivity index (χ4v) is 2.21. The highest BCUT2D eigenvalue weighted by Crippen LogP contribution is 2.12. The van der Waals surface area contributed by atoms with Crippen LogP contribution in [0.4, 0.5) is 4.79 Å². The molecular formula is C12H20N4O. The molecule has 0 unspecified atom stereocenters. The second kappa shape index (κ2) is 5.70. The predicted molar refractivity (Wildman–Crippen MR) is 65.5 cm³/mol. The smallest absolute Gasteiger partial charge is 0.320 e. The summed E-state index contributed by atoms with van der Waals surface area (Å²) in [4.78, 5) is 15.9. The molecule has 0 aliphatic carbocycles. The molecule has 2 heterocycles. The van der Waals surface area contributed by atoms with Crippen LogP contribution in [0.1, 0.15) is 31.2 Å². The first-order valence-corrected chi connectivity index (χ1v) is 6.25. The molecule has 94 valence electrons. The minimum Gasteiger partial charge on any atom is -0.325 e. The summed E-state index contributed by atoms with van der Waals surface area (Å²) >= 11 is 0. The summed E-state index contributed by atoms with van der Waals surface area (Å²) < 4.78 is 0. The van der Waals surface area contributed by atoms with E-state index in [1.807, 2.05) is 18.1 Å². The lowest BCUT2D eigenvalue weighted by molar-refractivity contribution is 0.162. The Bertz CT molecular complexity index is 341. The SMILES string of the molecule is CN(Cc1cn[nH]c1)C(=O)N1CCCCCC1. The summed E-state index contributed by atoms with van der Waals surface area (Å²) in [7, 11) is 1.85. The molecule has 1 aromatic rings. The number of carbonyl (C=O) groups excluding carboxylic acids is 1. The van der Waals surface area contributed by atoms with Crippen molar-refractivity contribution in [2.24, 2.45) is 0 Å². The van der Waals surface area contributed by atoms with Crippen molar-refractivity contribution < 1.29 is 4.79 Å². The molecule has 0 aromatic carbocycles. The van der Waals surface area contributed by atoms with Gasteiger partial charge in [-0.25, -0.2) is 4.79 Å². The van der Waals surface area contributed by atoms with Crippen molar-refractivity contribution in [1.82, 2.24) is 20.0 Å². The van der Waals surface area contributed by atoms with E-state index in [0.29, 0.717) is 6.54 Å². The number of urea groups is 1. The van der Waals surface area contributed by atoms with E-state index in [1.165, 1.54) is 12.8 Å². The summed E-state index contributed by atoms with van der Waals surface area (Å²) in [5, 5.41) is 6.65. The van der Waals surface area contributed by atoms with Gasteiger partial charge in [0.05, 0.1) is 12.7 Å². The summed E-state index contributed by atoms with van der Waals surface area (Å²) in [6, 6.07) is 0.133. The van der Waals surface area contributed by atoms with Crippen molar-refractivity contribution in [3.63, 3.8) is 0 Å². The maximum atomic E-state index is 12.2. The molecule has 0 bridgehead atoms. The number of hydrogen-bond acceptors (Lipinski definition) is 2. The number of likely N-dealkylation sites (tertiary alicyclic amines) is 1. The van der Waals surface area contributed by atoms with Gasteiger partial charge in [0.15, 0.2) is 0 Å². The van der Waals surface area contributed by atoms with Crippen LogP contribution in [-0.2, 0) is 6.54 Å². The van der Waals surface area contributed by atoms with Gasteiger partial charge in [0.2, 0.25) is 0 Å². The first-order chi connectivity index (χ1) is 8.27. The Morgan fingerprint density at radius 1 is 1.41 bits per heavy atom. The van der Waals surface area contributed by atoms with Gasteiger partial charge in [-0.3, -0.25) is 5.10 Å². The monoisotopic (exact) mass is 236 g/mol. The average Bonchev–Trinajstić information content (AvgIpc) is 2.68. The number of H-pyrrole nitrogens is 1. The normalized spacial score (nSPS) is 16.6. The minimum atomic E-state index is 0.133. The van der Waals surface area contributed by atoms with Crippen LogP contribution in [0.2, 0.25) is 0 Å². The van der Waals surface area contributed by atoms with Gasteiger partial charge in [0.1, 0.15) is 0 Å². The molecule has 1 aliphatic heterocycles. The van der Waals surface area contributed by atoms with E-state index in [0.717, 1.165) is 31.5 Å². The zero-order chi connectivity index (χ0) is 12.1. The molecule has 0 radical (unpaired) electrons. The van der Waals surface area contributed by atoms with Gasteiger partial charge in [-0.05, 0) is 12.8 Å². The van der Waals surface area contributed by atoms with Gasteiger partial charge >= 0.3 is 6.03 Å². The first-order valence-electron chi connectivity index (χ1n) is 6.25. The van der Waals surface area contributed by atoms with Crippen LogP contribution in [0.3, 0.4) is 0 Å². The molecule has 0 spiro atoms. The zero-order valence-corrected chi connectivity index (χ0v) is 10.4. The Labute approximate surface area is 102 Å². The molecule has 1 aliphatic rings. The van der Waals surface area contributed by atoms with Gasteiger partial charge in [0.25, 0.3) is 0 Å². The summed E-state index contributed by atoms with van der Waals surface area (Å²) in [6.07, 6.45) is 8.33. The maximum absolute atomic E-state index is 12.2. The fraction of sp³-hybridized carbons (Fsp3) is 0.667. The Morgan fingerprint density at radius 2 is 2.12 bits per heavy atom. The minimum absolute atomic E-state index is 0.133. The molecule has 1 aromatic heterocycles. The number of rotatable bonds is 2. The Kier molecular flexibility index (Phi) is 4.01. The Hall–Kier alpha value is -1.52. The molecular weight excluding hydrogens is 216 g/mol. The molecule has 1 N–H and O–H groups in total. The van der Waals surface area contributed by atoms with Gasteiger partial charge in [-0.15, -0.1) is 0 Å². The standard InChI is InChI=1S/C12H20N4O/c1-15(10-11-8-13-14-9-11)12(17)16-6-4-2-3-5-7-16/h8-9H,2-7,10H2,1H3,(H,13,14). The Balaban J connectivity index is 1.89. The summed E-state index contributed by atoms with van der Waals surface area (Å²) in [6.45, 7) is 2.41. The summed E-state index contributed by atoms with van der Waals surface area (Å²) in [5.41, 5.74) is 1.04. The van der Waals surface area contributed by atoms with Crippen LogP contribution in [0, 0.1) is 0 Å². The van der Waals surface area contributed by atoms with Crippen molar-refractivity contribution in [3.8, 4) is 0 Å². The zero-order valence-electron chi connectivity index (χ0n) is 10.4. The van der Waals surface area contributed by atoms with Gasteiger partial charge in [-0.2, -0.15) is 5.10 Å². The van der Waals surface area contributed by atoms with Crippen LogP contribution >= 0.6 is 0 Å². The van der Waals surface area contributed by atoms with Crippen molar-refractivity contribution >= 4 is 6.03 Å². The van der Waals surface area contributed by atoms with E-state index < -0.39 is 0 Å². The van der Waals surface area contributed by atoms with E-state index >= 15 is 0 Å². The number of amides is 2. The second-order valence-corrected chi connectivity index (χ2v) is 4.65. The van der Waals surface area contributed by atoms with Crippen LogP contribution in [0.25, 0.3) is 0 Å². The van der Waals surface area contributed by atoms with Gasteiger partial charge in [0, 0.05) is 31.9 Å². The number of carbonyl (C=O) groups is 1. The molecule has 17 heavy (non-hydrogen) atoms. The first kappa shape index (κ1) is 12.0.